The molecule has 6 nitrogen and oxygen atoms in total. The quantitative estimate of drug-likeness (QED) is 0.274. The van der Waals surface area contributed by atoms with Crippen molar-refractivity contribution in [2.75, 3.05) is 4.90 Å². The van der Waals surface area contributed by atoms with Gasteiger partial charge in [-0.25, -0.2) is 4.39 Å². The molecule has 0 N–H and O–H groups in total. The Morgan fingerprint density at radius 2 is 1.55 bits per heavy atom. The minimum atomic E-state index is -1.84. The van der Waals surface area contributed by atoms with E-state index >= 15 is 0 Å². The van der Waals surface area contributed by atoms with E-state index in [9.17, 15) is 18.8 Å². The van der Waals surface area contributed by atoms with Crippen LogP contribution in [0.15, 0.2) is 106 Å². The zero-order valence-corrected chi connectivity index (χ0v) is 21.7. The SMILES string of the molecule is O=C1c2oc3ccc(F)cc3c(=O)c2C2(C(=O)N(Cc3ccccc3)c3ccccc32)N1Cc1ccccc1Cl. The molecule has 4 aromatic carbocycles. The van der Waals surface area contributed by atoms with Crippen molar-refractivity contribution in [2.24, 2.45) is 0 Å². The molecule has 196 valence electrons. The fourth-order valence-corrected chi connectivity index (χ4v) is 6.10. The van der Waals surface area contributed by atoms with Gasteiger partial charge in [-0.1, -0.05) is 78.3 Å². The highest BCUT2D eigenvalue weighted by Crippen LogP contribution is 2.53. The lowest BCUT2D eigenvalue weighted by Gasteiger charge is -2.34. The van der Waals surface area contributed by atoms with Crippen LogP contribution in [0, 0.1) is 5.82 Å². The van der Waals surface area contributed by atoms with Crippen LogP contribution in [0.3, 0.4) is 0 Å². The Hall–Kier alpha value is -4.75. The summed E-state index contributed by atoms with van der Waals surface area (Å²) in [6.07, 6.45) is 0. The van der Waals surface area contributed by atoms with E-state index in [1.165, 1.54) is 11.0 Å². The lowest BCUT2D eigenvalue weighted by Crippen LogP contribution is -2.53. The number of halogens is 2. The molecule has 1 aromatic heterocycles. The average Bonchev–Trinajstić information content (AvgIpc) is 3.35. The highest BCUT2D eigenvalue weighted by molar-refractivity contribution is 6.31. The Morgan fingerprint density at radius 1 is 0.825 bits per heavy atom. The first-order valence-electron chi connectivity index (χ1n) is 12.7. The summed E-state index contributed by atoms with van der Waals surface area (Å²) in [7, 11) is 0. The van der Waals surface area contributed by atoms with Gasteiger partial charge >= 0.3 is 0 Å². The van der Waals surface area contributed by atoms with Gasteiger partial charge in [-0.15, -0.1) is 0 Å². The minimum absolute atomic E-state index is 0.0442. The van der Waals surface area contributed by atoms with Crippen LogP contribution in [-0.4, -0.2) is 16.7 Å². The molecule has 0 aliphatic carbocycles. The third-order valence-electron chi connectivity index (χ3n) is 7.67. The van der Waals surface area contributed by atoms with Crippen LogP contribution >= 0.6 is 11.6 Å². The van der Waals surface area contributed by atoms with Crippen molar-refractivity contribution in [2.45, 2.75) is 18.6 Å². The summed E-state index contributed by atoms with van der Waals surface area (Å²) in [4.78, 5) is 46.1. The van der Waals surface area contributed by atoms with Gasteiger partial charge in [-0.2, -0.15) is 0 Å². The summed E-state index contributed by atoms with van der Waals surface area (Å²) in [5, 5.41) is 0.366. The predicted octanol–water partition coefficient (Wildman–Crippen LogP) is 6.03. The summed E-state index contributed by atoms with van der Waals surface area (Å²) in [6.45, 7) is 0.154. The fraction of sp³-hybridized carbons (Fsp3) is 0.0938. The standard InChI is InChI=1S/C32H20ClFN2O4/c33-24-12-6-4-10-20(24)18-36-30(38)29-27(28(37)22-16-21(34)14-15-26(22)40-29)32(36)23-11-5-7-13-25(23)35(31(32)39)17-19-8-2-1-3-9-19/h1-16H,17-18H2. The Morgan fingerprint density at radius 3 is 2.35 bits per heavy atom. The van der Waals surface area contributed by atoms with Gasteiger partial charge in [0.2, 0.25) is 5.76 Å². The number of hydrogen-bond donors (Lipinski definition) is 0. The van der Waals surface area contributed by atoms with Crippen LogP contribution in [0.5, 0.6) is 0 Å². The van der Waals surface area contributed by atoms with Crippen molar-refractivity contribution in [3.8, 4) is 0 Å². The van der Waals surface area contributed by atoms with Crippen molar-refractivity contribution >= 4 is 40.1 Å². The number of carbonyl (C=O) groups excluding carboxylic acids is 2. The van der Waals surface area contributed by atoms with Gasteiger partial charge in [-0.05, 0) is 41.5 Å². The predicted molar refractivity (Wildman–Crippen MR) is 149 cm³/mol. The van der Waals surface area contributed by atoms with Crippen LogP contribution in [0.25, 0.3) is 11.0 Å². The fourth-order valence-electron chi connectivity index (χ4n) is 5.90. The average molecular weight is 551 g/mol. The molecule has 40 heavy (non-hydrogen) atoms. The maximum atomic E-state index is 14.8. The third kappa shape index (κ3) is 3.31. The number of nitrogens with zero attached hydrogens (tertiary/aromatic N) is 2. The van der Waals surface area contributed by atoms with Gasteiger partial charge < -0.3 is 14.2 Å². The van der Waals surface area contributed by atoms with Gasteiger partial charge in [0.05, 0.1) is 23.2 Å². The molecule has 1 unspecified atom stereocenters. The van der Waals surface area contributed by atoms with Crippen LogP contribution < -0.4 is 10.3 Å². The second kappa shape index (κ2) is 8.89. The molecule has 7 rings (SSSR count). The monoisotopic (exact) mass is 550 g/mol. The van der Waals surface area contributed by atoms with Crippen molar-refractivity contribution < 1.29 is 18.4 Å². The van der Waals surface area contributed by atoms with E-state index in [0.717, 1.165) is 17.7 Å². The van der Waals surface area contributed by atoms with Crippen LogP contribution in [0.2, 0.25) is 5.02 Å². The Kier molecular flexibility index (Phi) is 5.40. The second-order valence-electron chi connectivity index (χ2n) is 9.86. The zero-order chi connectivity index (χ0) is 27.6. The molecule has 1 atom stereocenters. The van der Waals surface area contributed by atoms with Gasteiger partial charge in [0, 0.05) is 17.1 Å². The topological polar surface area (TPSA) is 70.8 Å². The van der Waals surface area contributed by atoms with E-state index in [2.05, 4.69) is 0 Å². The van der Waals surface area contributed by atoms with Crippen molar-refractivity contribution in [1.82, 2.24) is 4.90 Å². The summed E-state index contributed by atoms with van der Waals surface area (Å²) in [6, 6.07) is 27.1. The molecule has 2 aliphatic rings. The Bertz CT molecular complexity index is 1920. The Labute approximate surface area is 232 Å². The summed E-state index contributed by atoms with van der Waals surface area (Å²) >= 11 is 6.50. The molecule has 0 fully saturated rings. The number of para-hydroxylation sites is 1. The third-order valence-corrected chi connectivity index (χ3v) is 8.04. The number of carbonyl (C=O) groups is 2. The molecular formula is C32H20ClFN2O4. The number of amides is 2. The lowest BCUT2D eigenvalue weighted by atomic mass is 9.83. The maximum absolute atomic E-state index is 14.8. The maximum Gasteiger partial charge on any atom is 0.291 e. The highest BCUT2D eigenvalue weighted by Gasteiger charge is 2.65. The number of benzene rings is 4. The number of anilines is 1. The number of rotatable bonds is 4. The van der Waals surface area contributed by atoms with Crippen molar-refractivity contribution in [3.63, 3.8) is 0 Å². The molecule has 0 radical (unpaired) electrons. The molecular weight excluding hydrogens is 531 g/mol. The first-order chi connectivity index (χ1) is 19.4. The molecule has 0 saturated carbocycles. The van der Waals surface area contributed by atoms with E-state index in [1.807, 2.05) is 30.3 Å². The van der Waals surface area contributed by atoms with Crippen LogP contribution in [-0.2, 0) is 23.4 Å². The van der Waals surface area contributed by atoms with Gasteiger partial charge in [-0.3, -0.25) is 14.4 Å². The molecule has 8 heteroatoms. The van der Waals surface area contributed by atoms with Crippen molar-refractivity contribution in [1.29, 1.82) is 0 Å². The largest absolute Gasteiger partial charge is 0.450 e. The second-order valence-corrected chi connectivity index (χ2v) is 10.3. The van der Waals surface area contributed by atoms with Crippen LogP contribution in [0.4, 0.5) is 10.1 Å². The van der Waals surface area contributed by atoms with E-state index in [-0.39, 0.29) is 35.4 Å². The lowest BCUT2D eigenvalue weighted by molar-refractivity contribution is -0.126. The number of fused-ring (bicyclic) bond motifs is 5. The first-order valence-corrected chi connectivity index (χ1v) is 13.1. The molecule has 2 aliphatic heterocycles. The summed E-state index contributed by atoms with van der Waals surface area (Å²) in [5.74, 6) is -1.96. The van der Waals surface area contributed by atoms with E-state index in [4.69, 9.17) is 16.0 Å². The number of hydrogen-bond acceptors (Lipinski definition) is 4. The normalized spacial score (nSPS) is 17.6. The molecule has 5 aromatic rings. The molecule has 3 heterocycles. The highest BCUT2D eigenvalue weighted by atomic mass is 35.5. The van der Waals surface area contributed by atoms with Crippen molar-refractivity contribution in [3.05, 3.63) is 146 Å². The van der Waals surface area contributed by atoms with Gasteiger partial charge in [0.15, 0.2) is 11.0 Å². The van der Waals surface area contributed by atoms with Gasteiger partial charge in [0.25, 0.3) is 11.8 Å². The smallest absolute Gasteiger partial charge is 0.291 e. The van der Waals surface area contributed by atoms with Gasteiger partial charge in [0.1, 0.15) is 11.4 Å². The van der Waals surface area contributed by atoms with E-state index in [0.29, 0.717) is 21.8 Å². The van der Waals surface area contributed by atoms with E-state index < -0.39 is 28.6 Å². The summed E-state index contributed by atoms with van der Waals surface area (Å²) in [5.41, 5.74) is -0.00716. The first kappa shape index (κ1) is 24.3. The Balaban J connectivity index is 1.53. The molecule has 0 bridgehead atoms. The minimum Gasteiger partial charge on any atom is -0.450 e. The zero-order valence-electron chi connectivity index (χ0n) is 20.9. The van der Waals surface area contributed by atoms with E-state index in [1.54, 1.807) is 53.4 Å². The summed E-state index contributed by atoms with van der Waals surface area (Å²) < 4.78 is 20.3. The van der Waals surface area contributed by atoms with Crippen LogP contribution in [0.1, 0.15) is 32.8 Å². The molecule has 0 saturated heterocycles. The molecule has 1 spiro atoms. The molecule has 2 amide bonds.